The fraction of sp³-hybridized carbons (Fsp3) is 0.550. The molecule has 0 fully saturated rings. The molecule has 0 unspecified atom stereocenters. The molecule has 216 valence electrons. The van der Waals surface area contributed by atoms with Crippen molar-refractivity contribution in [1.82, 2.24) is 0 Å². The van der Waals surface area contributed by atoms with E-state index in [1.807, 2.05) is 0 Å². The van der Waals surface area contributed by atoms with Crippen LogP contribution in [0, 0.1) is 0 Å². The van der Waals surface area contributed by atoms with Crippen molar-refractivity contribution < 1.29 is 58.4 Å². The molecule has 19 heteroatoms. The average Bonchev–Trinajstić information content (AvgIpc) is 2.77. The minimum atomic E-state index is -6.53. The van der Waals surface area contributed by atoms with Crippen molar-refractivity contribution in [1.29, 1.82) is 0 Å². The molecule has 0 aliphatic carbocycles. The lowest BCUT2D eigenvalue weighted by molar-refractivity contribution is -0.356. The summed E-state index contributed by atoms with van der Waals surface area (Å²) in [4.78, 5) is 40.1. The summed E-state index contributed by atoms with van der Waals surface area (Å²) in [6.45, 7) is 2.26. The maximum Gasteiger partial charge on any atom is 0.438 e. The highest BCUT2D eigenvalue weighted by atomic mass is 32.2. The van der Waals surface area contributed by atoms with Crippen LogP contribution in [0.15, 0.2) is 0 Å². The normalized spacial score (nSPS) is 12.7. The lowest BCUT2D eigenvalue weighted by Gasteiger charge is -2.37. The number of amides is 2. The van der Waals surface area contributed by atoms with Crippen LogP contribution in [0.3, 0.4) is 0 Å². The van der Waals surface area contributed by atoms with E-state index in [1.54, 1.807) is 7.85 Å². The summed E-state index contributed by atoms with van der Waals surface area (Å²) >= 11 is 0. The van der Waals surface area contributed by atoms with Crippen molar-refractivity contribution >= 4 is 62.8 Å². The smallest absolute Gasteiger partial charge is 0.435 e. The number of ether oxygens (including phenoxy) is 1. The second-order valence-electron chi connectivity index (χ2n) is 8.66. The predicted octanol–water partition coefficient (Wildman–Crippen LogP) is -0.0407. The van der Waals surface area contributed by atoms with Crippen LogP contribution in [0.4, 0.5) is 37.7 Å². The number of alkyl halides is 6. The standard InChI is InChI=1S/C20H27B3F6N2O7S/c1-9(32)30(3)15-11(5-21)14(12(6-22)16(13(15)7-23)31(4)10(2)33)17(34)38-18(19(24,25)26,20(27,28)29)8-39(35,36)37/h5-8,21-23H2,1-4H3,(H,35,36,37). The van der Waals surface area contributed by atoms with E-state index < -0.39 is 57.2 Å². The highest BCUT2D eigenvalue weighted by Gasteiger charge is 2.76. The predicted molar refractivity (Wildman–Crippen MR) is 138 cm³/mol. The third-order valence-corrected chi connectivity index (χ3v) is 6.97. The SMILES string of the molecule is BCc1c(C(=O)OC(CS(=O)(=O)O)(C(F)(F)F)C(F)(F)F)c(CB)c(N(C)C(C)=O)c(CB)c1N(C)C(C)=O. The Morgan fingerprint density at radius 3 is 1.36 bits per heavy atom. The monoisotopic (exact) mass is 586 g/mol. The molecular weight excluding hydrogens is 559 g/mol. The van der Waals surface area contributed by atoms with Crippen molar-refractivity contribution in [3.05, 3.63) is 22.3 Å². The maximum atomic E-state index is 13.9. The minimum Gasteiger partial charge on any atom is -0.435 e. The largest absolute Gasteiger partial charge is 0.438 e. The molecular formula is C20H27B3F6N2O7S. The summed E-state index contributed by atoms with van der Waals surface area (Å²) in [5.41, 5.74) is -6.49. The molecule has 1 aromatic carbocycles. The Morgan fingerprint density at radius 1 is 0.795 bits per heavy atom. The number of halogens is 6. The zero-order valence-electron chi connectivity index (χ0n) is 22.3. The van der Waals surface area contributed by atoms with E-state index in [-0.39, 0.29) is 41.5 Å². The summed E-state index contributed by atoms with van der Waals surface area (Å²) in [5.74, 6) is -6.47. The first-order valence-electron chi connectivity index (χ1n) is 11.5. The number of hydrogen-bond donors (Lipinski definition) is 1. The zero-order chi connectivity index (χ0) is 30.9. The Labute approximate surface area is 224 Å². The van der Waals surface area contributed by atoms with E-state index in [2.05, 4.69) is 4.74 Å². The number of esters is 1. The summed E-state index contributed by atoms with van der Waals surface area (Å²) in [7, 11) is 1.01. The van der Waals surface area contributed by atoms with Crippen molar-refractivity contribution in [2.45, 2.75) is 50.8 Å². The third-order valence-electron chi connectivity index (χ3n) is 6.20. The lowest BCUT2D eigenvalue weighted by Crippen LogP contribution is -2.63. The summed E-state index contributed by atoms with van der Waals surface area (Å²) < 4.78 is 119. The Kier molecular flexibility index (Phi) is 10.4. The quantitative estimate of drug-likeness (QED) is 0.187. The average molecular weight is 586 g/mol. The van der Waals surface area contributed by atoms with Crippen molar-refractivity contribution in [3.63, 3.8) is 0 Å². The number of hydrogen-bond acceptors (Lipinski definition) is 6. The van der Waals surface area contributed by atoms with Crippen LogP contribution >= 0.6 is 0 Å². The van der Waals surface area contributed by atoms with Crippen LogP contribution in [0.25, 0.3) is 0 Å². The molecule has 0 saturated heterocycles. The van der Waals surface area contributed by atoms with Gasteiger partial charge in [-0.2, -0.15) is 34.8 Å². The number of benzene rings is 1. The van der Waals surface area contributed by atoms with Gasteiger partial charge in [-0.05, 0) is 16.7 Å². The number of nitrogens with zero attached hydrogens (tertiary/aromatic N) is 2. The number of carbonyl (C=O) groups is 3. The lowest BCUT2D eigenvalue weighted by atomic mass is 9.78. The molecule has 2 amide bonds. The molecule has 0 aliphatic rings. The number of carbonyl (C=O) groups excluding carboxylic acids is 3. The molecule has 0 saturated carbocycles. The van der Waals surface area contributed by atoms with Gasteiger partial charge in [-0.3, -0.25) is 14.1 Å². The van der Waals surface area contributed by atoms with Crippen LogP contribution in [0.5, 0.6) is 0 Å². The van der Waals surface area contributed by atoms with Gasteiger partial charge in [0.25, 0.3) is 10.1 Å². The summed E-state index contributed by atoms with van der Waals surface area (Å²) in [5, 5.41) is 0. The maximum absolute atomic E-state index is 13.9. The zero-order valence-corrected chi connectivity index (χ0v) is 23.1. The van der Waals surface area contributed by atoms with Crippen molar-refractivity contribution in [2.75, 3.05) is 29.6 Å². The van der Waals surface area contributed by atoms with Gasteiger partial charge in [-0.15, -0.1) is 0 Å². The Morgan fingerprint density at radius 2 is 1.13 bits per heavy atom. The van der Waals surface area contributed by atoms with Crippen LogP contribution < -0.4 is 9.80 Å². The molecule has 0 aromatic heterocycles. The van der Waals surface area contributed by atoms with Gasteiger partial charge in [0.1, 0.15) is 29.3 Å². The Hall–Kier alpha value is -2.69. The molecule has 0 bridgehead atoms. The molecule has 1 rings (SSSR count). The second kappa shape index (κ2) is 11.8. The highest BCUT2D eigenvalue weighted by molar-refractivity contribution is 7.85. The molecule has 0 aliphatic heterocycles. The van der Waals surface area contributed by atoms with Gasteiger partial charge in [-0.25, -0.2) is 4.79 Å². The van der Waals surface area contributed by atoms with Crippen LogP contribution in [-0.2, 0) is 43.4 Å². The molecule has 1 aromatic rings. The molecule has 0 spiro atoms. The van der Waals surface area contributed by atoms with Crippen molar-refractivity contribution in [3.8, 4) is 0 Å². The fourth-order valence-electron chi connectivity index (χ4n) is 4.23. The topological polar surface area (TPSA) is 121 Å². The van der Waals surface area contributed by atoms with E-state index in [0.717, 1.165) is 23.6 Å². The van der Waals surface area contributed by atoms with Crippen molar-refractivity contribution in [2.24, 2.45) is 0 Å². The van der Waals surface area contributed by atoms with E-state index in [0.29, 0.717) is 5.56 Å². The minimum absolute atomic E-state index is 0.0286. The van der Waals surface area contributed by atoms with Gasteiger partial charge >= 0.3 is 23.9 Å². The van der Waals surface area contributed by atoms with E-state index in [1.165, 1.54) is 29.8 Å². The molecule has 9 nitrogen and oxygen atoms in total. The third kappa shape index (κ3) is 6.73. The highest BCUT2D eigenvalue weighted by Crippen LogP contribution is 2.48. The van der Waals surface area contributed by atoms with Crippen LogP contribution in [-0.4, -0.2) is 92.1 Å². The van der Waals surface area contributed by atoms with Crippen LogP contribution in [0.1, 0.15) is 40.9 Å². The van der Waals surface area contributed by atoms with Gasteiger partial charge in [0, 0.05) is 27.9 Å². The first-order valence-corrected chi connectivity index (χ1v) is 13.1. The van der Waals surface area contributed by atoms with E-state index >= 15 is 0 Å². The van der Waals surface area contributed by atoms with Gasteiger partial charge < -0.3 is 14.5 Å². The first-order chi connectivity index (χ1) is 17.5. The Balaban J connectivity index is 4.37. The number of rotatable bonds is 9. The Bertz CT molecular complexity index is 1190. The summed E-state index contributed by atoms with van der Waals surface area (Å²) in [6, 6.07) is 0. The molecule has 39 heavy (non-hydrogen) atoms. The number of anilines is 2. The van der Waals surface area contributed by atoms with Gasteiger partial charge in [0.15, 0.2) is 0 Å². The van der Waals surface area contributed by atoms with E-state index in [9.17, 15) is 49.1 Å². The molecule has 0 atom stereocenters. The molecule has 0 heterocycles. The van der Waals surface area contributed by atoms with Gasteiger partial charge in [0.05, 0.1) is 16.9 Å². The van der Waals surface area contributed by atoms with Gasteiger partial charge in [-0.1, -0.05) is 19.0 Å². The molecule has 1 N–H and O–H groups in total. The fourth-order valence-corrected chi connectivity index (χ4v) is 5.13. The first kappa shape index (κ1) is 34.3. The summed E-state index contributed by atoms with van der Waals surface area (Å²) in [6.07, 6.45) is -13.3. The van der Waals surface area contributed by atoms with Gasteiger partial charge in [0.2, 0.25) is 11.8 Å². The molecule has 0 radical (unpaired) electrons. The van der Waals surface area contributed by atoms with Crippen LogP contribution in [0.2, 0.25) is 0 Å². The van der Waals surface area contributed by atoms with E-state index in [4.69, 9.17) is 4.55 Å². The second-order valence-corrected chi connectivity index (χ2v) is 10.1.